The topological polar surface area (TPSA) is 69.7 Å². The van der Waals surface area contributed by atoms with Crippen molar-refractivity contribution in [3.63, 3.8) is 0 Å². The van der Waals surface area contributed by atoms with Crippen LogP contribution in [0.3, 0.4) is 0 Å². The molecule has 0 saturated heterocycles. The predicted molar refractivity (Wildman–Crippen MR) is 122 cm³/mol. The summed E-state index contributed by atoms with van der Waals surface area (Å²) in [6.07, 6.45) is 10.5. The van der Waals surface area contributed by atoms with Crippen molar-refractivity contribution in [1.29, 1.82) is 0 Å². The Hall–Kier alpha value is -1.65. The number of carbonyl (C=O) groups excluding carboxylic acids is 3. The van der Waals surface area contributed by atoms with Crippen molar-refractivity contribution in [2.75, 3.05) is 7.11 Å². The van der Waals surface area contributed by atoms with Crippen LogP contribution in [0.2, 0.25) is 0 Å². The minimum Gasteiger partial charge on any atom is -0.469 e. The van der Waals surface area contributed by atoms with Gasteiger partial charge in [0.25, 0.3) is 0 Å². The van der Waals surface area contributed by atoms with Crippen molar-refractivity contribution in [3.8, 4) is 0 Å². The van der Waals surface area contributed by atoms with Crippen molar-refractivity contribution in [2.24, 2.45) is 40.4 Å². The van der Waals surface area contributed by atoms with Gasteiger partial charge in [-0.2, -0.15) is 0 Å². The molecular weight excluding hydrogens is 404 g/mol. The first-order valence-corrected chi connectivity index (χ1v) is 12.6. The second-order valence-electron chi connectivity index (χ2n) is 11.4. The van der Waals surface area contributed by atoms with Crippen molar-refractivity contribution in [2.45, 2.75) is 91.6 Å². The van der Waals surface area contributed by atoms with Gasteiger partial charge in [-0.05, 0) is 92.4 Å². The predicted octanol–water partition coefficient (Wildman–Crippen LogP) is 5.27. The molecule has 5 nitrogen and oxygen atoms in total. The van der Waals surface area contributed by atoms with Crippen LogP contribution in [0.25, 0.3) is 0 Å². The van der Waals surface area contributed by atoms with Crippen LogP contribution in [0.1, 0.15) is 85.5 Å². The van der Waals surface area contributed by atoms with E-state index in [1.807, 2.05) is 6.08 Å². The SMILES string of the molecule is COC(=O)CC[C@@H](C)[C@@H]1CC[C@@H]2[C@@H]3CC[C@@H]4C[C@H](OC(C)=O)CC[C@]4(C)C3=CC(=O)[C@@]21C. The molecule has 0 heterocycles. The molecule has 0 aliphatic heterocycles. The molecule has 0 aromatic rings. The van der Waals surface area contributed by atoms with Crippen LogP contribution in [-0.4, -0.2) is 30.9 Å². The summed E-state index contributed by atoms with van der Waals surface area (Å²) in [6, 6.07) is 0. The number of hydrogen-bond donors (Lipinski definition) is 0. The summed E-state index contributed by atoms with van der Waals surface area (Å²) >= 11 is 0. The monoisotopic (exact) mass is 444 g/mol. The van der Waals surface area contributed by atoms with Crippen molar-refractivity contribution in [1.82, 2.24) is 0 Å². The Labute approximate surface area is 192 Å². The Balaban J connectivity index is 1.56. The molecular formula is C27H40O5. The summed E-state index contributed by atoms with van der Waals surface area (Å²) in [5, 5.41) is 0. The minimum atomic E-state index is -0.318. The lowest BCUT2D eigenvalue weighted by Gasteiger charge is -2.56. The van der Waals surface area contributed by atoms with Crippen molar-refractivity contribution < 1.29 is 23.9 Å². The standard InChI is InChI=1S/C27H40O5/c1-16(6-11-25(30)31-5)21-9-10-22-20-8-7-18-14-19(32-17(2)28)12-13-26(18,3)23(20)15-24(29)27(21,22)4/h15-16,18-22H,6-14H2,1-5H3/t16-,18-,19-,20+,21+,22-,26+,27-/m1/s1. The highest BCUT2D eigenvalue weighted by Crippen LogP contribution is 2.65. The number of methoxy groups -OCH3 is 1. The molecule has 0 radical (unpaired) electrons. The van der Waals surface area contributed by atoms with Crippen LogP contribution in [-0.2, 0) is 23.9 Å². The van der Waals surface area contributed by atoms with Gasteiger partial charge in [0.05, 0.1) is 7.11 Å². The van der Waals surface area contributed by atoms with E-state index in [9.17, 15) is 14.4 Å². The van der Waals surface area contributed by atoms with Crippen LogP contribution in [0, 0.1) is 40.4 Å². The van der Waals surface area contributed by atoms with Gasteiger partial charge in [0, 0.05) is 18.8 Å². The third-order valence-corrected chi connectivity index (χ3v) is 10.0. The first-order valence-electron chi connectivity index (χ1n) is 12.6. The second kappa shape index (κ2) is 8.61. The van der Waals surface area contributed by atoms with Gasteiger partial charge in [-0.3, -0.25) is 14.4 Å². The smallest absolute Gasteiger partial charge is 0.305 e. The van der Waals surface area contributed by atoms with Crippen LogP contribution in [0.15, 0.2) is 11.6 Å². The molecule has 0 N–H and O–H groups in total. The minimum absolute atomic E-state index is 0.0267. The maximum Gasteiger partial charge on any atom is 0.305 e. The van der Waals surface area contributed by atoms with E-state index in [1.54, 1.807) is 0 Å². The highest BCUT2D eigenvalue weighted by Gasteiger charge is 2.61. The Morgan fingerprint density at radius 1 is 1.16 bits per heavy atom. The lowest BCUT2D eigenvalue weighted by atomic mass is 9.48. The van der Waals surface area contributed by atoms with E-state index in [2.05, 4.69) is 20.8 Å². The summed E-state index contributed by atoms with van der Waals surface area (Å²) < 4.78 is 10.4. The number of ketones is 1. The number of carbonyl (C=O) groups is 3. The number of fused-ring (bicyclic) bond motifs is 5. The van der Waals surface area contributed by atoms with Gasteiger partial charge >= 0.3 is 11.9 Å². The molecule has 178 valence electrons. The first kappa shape index (κ1) is 23.5. The largest absolute Gasteiger partial charge is 0.469 e. The highest BCUT2D eigenvalue weighted by atomic mass is 16.5. The molecule has 4 aliphatic carbocycles. The number of esters is 2. The van der Waals surface area contributed by atoms with E-state index in [1.165, 1.54) is 19.6 Å². The Morgan fingerprint density at radius 2 is 1.91 bits per heavy atom. The summed E-state index contributed by atoms with van der Waals surface area (Å²) in [4.78, 5) is 36.9. The maximum atomic E-state index is 13.8. The van der Waals surface area contributed by atoms with Crippen LogP contribution < -0.4 is 0 Å². The molecule has 0 aromatic carbocycles. The molecule has 0 unspecified atom stereocenters. The van der Waals surface area contributed by atoms with Crippen molar-refractivity contribution in [3.05, 3.63) is 11.6 Å². The second-order valence-corrected chi connectivity index (χ2v) is 11.4. The number of hydrogen-bond acceptors (Lipinski definition) is 5. The first-order chi connectivity index (χ1) is 15.1. The third-order valence-electron chi connectivity index (χ3n) is 10.0. The number of ether oxygens (including phenoxy) is 2. The molecule has 0 aromatic heterocycles. The number of allylic oxidation sites excluding steroid dienone is 2. The lowest BCUT2D eigenvalue weighted by Crippen LogP contribution is -2.52. The maximum absolute atomic E-state index is 13.8. The molecule has 5 heteroatoms. The van der Waals surface area contributed by atoms with Gasteiger partial charge in [0.1, 0.15) is 6.10 Å². The van der Waals surface area contributed by atoms with Gasteiger partial charge in [0.2, 0.25) is 0 Å². The Kier molecular flexibility index (Phi) is 6.32. The fourth-order valence-corrected chi connectivity index (χ4v) is 8.21. The third kappa shape index (κ3) is 3.74. The zero-order valence-electron chi connectivity index (χ0n) is 20.4. The van der Waals surface area contributed by atoms with E-state index in [0.717, 1.165) is 51.4 Å². The molecule has 0 bridgehead atoms. The van der Waals surface area contributed by atoms with Crippen LogP contribution in [0.5, 0.6) is 0 Å². The van der Waals surface area contributed by atoms with Gasteiger partial charge in [0.15, 0.2) is 5.78 Å². The lowest BCUT2D eigenvalue weighted by molar-refractivity contribution is -0.151. The summed E-state index contributed by atoms with van der Waals surface area (Å²) in [6.45, 7) is 8.28. The fraction of sp³-hybridized carbons (Fsp3) is 0.815. The zero-order valence-corrected chi connectivity index (χ0v) is 20.4. The summed E-state index contributed by atoms with van der Waals surface area (Å²) in [5.74, 6) is 1.99. The van der Waals surface area contributed by atoms with E-state index in [-0.39, 0.29) is 28.9 Å². The molecule has 8 atom stereocenters. The van der Waals surface area contributed by atoms with Gasteiger partial charge in [-0.15, -0.1) is 0 Å². The van der Waals surface area contributed by atoms with E-state index >= 15 is 0 Å². The Bertz CT molecular complexity index is 815. The van der Waals surface area contributed by atoms with Gasteiger partial charge < -0.3 is 9.47 Å². The molecule has 0 amide bonds. The molecule has 4 rings (SSSR count). The summed E-state index contributed by atoms with van der Waals surface area (Å²) in [5.41, 5.74) is 1.12. The Morgan fingerprint density at radius 3 is 2.59 bits per heavy atom. The summed E-state index contributed by atoms with van der Waals surface area (Å²) in [7, 11) is 1.44. The molecule has 0 spiro atoms. The average molecular weight is 445 g/mol. The average Bonchev–Trinajstić information content (AvgIpc) is 3.11. The van der Waals surface area contributed by atoms with Crippen LogP contribution in [0.4, 0.5) is 0 Å². The zero-order chi connectivity index (χ0) is 23.3. The fourth-order valence-electron chi connectivity index (χ4n) is 8.21. The van der Waals surface area contributed by atoms with E-state index < -0.39 is 0 Å². The van der Waals surface area contributed by atoms with Gasteiger partial charge in [-0.1, -0.05) is 26.3 Å². The molecule has 3 saturated carbocycles. The van der Waals surface area contributed by atoms with Crippen molar-refractivity contribution >= 4 is 17.7 Å². The molecule has 32 heavy (non-hydrogen) atoms. The normalized spacial score (nSPS) is 41.6. The van der Waals surface area contributed by atoms with Gasteiger partial charge in [-0.25, -0.2) is 0 Å². The number of rotatable bonds is 5. The quantitative estimate of drug-likeness (QED) is 0.541. The van der Waals surface area contributed by atoms with E-state index in [0.29, 0.717) is 41.8 Å². The molecule has 3 fully saturated rings. The van der Waals surface area contributed by atoms with Crippen LogP contribution >= 0.6 is 0 Å². The molecule has 4 aliphatic rings. The van der Waals surface area contributed by atoms with E-state index in [4.69, 9.17) is 9.47 Å². The highest BCUT2D eigenvalue weighted by molar-refractivity contribution is 5.97.